The molecule has 0 spiro atoms. The van der Waals surface area contributed by atoms with Crippen LogP contribution in [0.4, 0.5) is 21.7 Å². The van der Waals surface area contributed by atoms with Crippen molar-refractivity contribution in [3.05, 3.63) is 53.5 Å². The van der Waals surface area contributed by atoms with E-state index in [2.05, 4.69) is 30.8 Å². The molecule has 10 heteroatoms. The second-order valence-electron chi connectivity index (χ2n) is 7.50. The molecule has 0 radical (unpaired) electrons. The SMILES string of the molecule is C#Cc1ccc2nc(Nc3cc(CN4CCOCC4)cc(NS(C)(=O)=O)c3)ncc2c1F. The molecule has 2 aromatic carbocycles. The van der Waals surface area contributed by atoms with Crippen LogP contribution < -0.4 is 10.0 Å². The third-order valence-electron chi connectivity index (χ3n) is 4.92. The quantitative estimate of drug-likeness (QED) is 0.552. The van der Waals surface area contributed by atoms with Gasteiger partial charge in [0.25, 0.3) is 0 Å². The summed E-state index contributed by atoms with van der Waals surface area (Å²) in [5.41, 5.74) is 2.48. The molecule has 1 aliphatic rings. The lowest BCUT2D eigenvalue weighted by atomic mass is 10.1. The Bertz CT molecular complexity index is 1300. The minimum atomic E-state index is -3.46. The first-order chi connectivity index (χ1) is 15.3. The van der Waals surface area contributed by atoms with E-state index >= 15 is 0 Å². The van der Waals surface area contributed by atoms with Gasteiger partial charge in [-0.2, -0.15) is 0 Å². The fourth-order valence-electron chi connectivity index (χ4n) is 3.52. The highest BCUT2D eigenvalue weighted by Gasteiger charge is 2.14. The Morgan fingerprint density at radius 1 is 1.22 bits per heavy atom. The number of hydrogen-bond acceptors (Lipinski definition) is 7. The summed E-state index contributed by atoms with van der Waals surface area (Å²) in [6, 6.07) is 8.47. The van der Waals surface area contributed by atoms with Crippen molar-refractivity contribution in [1.82, 2.24) is 14.9 Å². The number of benzene rings is 2. The van der Waals surface area contributed by atoms with Gasteiger partial charge < -0.3 is 10.1 Å². The molecule has 32 heavy (non-hydrogen) atoms. The molecule has 0 unspecified atom stereocenters. The monoisotopic (exact) mass is 455 g/mol. The first-order valence-corrected chi connectivity index (χ1v) is 11.8. The number of sulfonamides is 1. The van der Waals surface area contributed by atoms with Gasteiger partial charge >= 0.3 is 0 Å². The molecule has 4 rings (SSSR count). The molecular weight excluding hydrogens is 433 g/mol. The number of ether oxygens (including phenoxy) is 1. The van der Waals surface area contributed by atoms with Crippen molar-refractivity contribution in [1.29, 1.82) is 0 Å². The Morgan fingerprint density at radius 3 is 2.69 bits per heavy atom. The Balaban J connectivity index is 1.64. The highest BCUT2D eigenvalue weighted by Crippen LogP contribution is 2.25. The minimum absolute atomic E-state index is 0.147. The predicted molar refractivity (Wildman–Crippen MR) is 122 cm³/mol. The Hall–Kier alpha value is -3.26. The first kappa shape index (κ1) is 22.0. The maximum atomic E-state index is 14.4. The van der Waals surface area contributed by atoms with E-state index in [9.17, 15) is 12.8 Å². The van der Waals surface area contributed by atoms with Gasteiger partial charge in [-0.25, -0.2) is 22.8 Å². The molecule has 8 nitrogen and oxygen atoms in total. The van der Waals surface area contributed by atoms with E-state index in [0.29, 0.717) is 36.6 Å². The summed E-state index contributed by atoms with van der Waals surface area (Å²) in [5.74, 6) is 2.00. The van der Waals surface area contributed by atoms with Crippen LogP contribution in [-0.4, -0.2) is 55.8 Å². The normalized spacial score (nSPS) is 14.8. The molecule has 0 aliphatic carbocycles. The Labute approximate surface area is 185 Å². The van der Waals surface area contributed by atoms with Gasteiger partial charge in [0.05, 0.1) is 41.6 Å². The van der Waals surface area contributed by atoms with Gasteiger partial charge in [-0.05, 0) is 35.9 Å². The molecule has 2 heterocycles. The molecule has 166 valence electrons. The summed E-state index contributed by atoms with van der Waals surface area (Å²) in [4.78, 5) is 10.8. The Kier molecular flexibility index (Phi) is 6.23. The molecule has 1 aromatic heterocycles. The fraction of sp³-hybridized carbons (Fsp3) is 0.273. The van der Waals surface area contributed by atoms with Crippen LogP contribution in [0.15, 0.2) is 36.5 Å². The highest BCUT2D eigenvalue weighted by molar-refractivity contribution is 7.92. The van der Waals surface area contributed by atoms with Crippen molar-refractivity contribution in [3.8, 4) is 12.3 Å². The summed E-state index contributed by atoms with van der Waals surface area (Å²) in [6.45, 7) is 3.55. The van der Waals surface area contributed by atoms with E-state index in [1.807, 2.05) is 6.07 Å². The van der Waals surface area contributed by atoms with Crippen LogP contribution in [-0.2, 0) is 21.3 Å². The number of nitrogens with zero attached hydrogens (tertiary/aromatic N) is 3. The van der Waals surface area contributed by atoms with Crippen LogP contribution in [0, 0.1) is 18.2 Å². The Morgan fingerprint density at radius 2 is 1.97 bits per heavy atom. The zero-order valence-corrected chi connectivity index (χ0v) is 18.2. The summed E-state index contributed by atoms with van der Waals surface area (Å²) in [6.07, 6.45) is 7.78. The third-order valence-corrected chi connectivity index (χ3v) is 5.52. The number of morpholine rings is 1. The topological polar surface area (TPSA) is 96.5 Å². The van der Waals surface area contributed by atoms with E-state index < -0.39 is 15.8 Å². The van der Waals surface area contributed by atoms with E-state index in [4.69, 9.17) is 11.2 Å². The van der Waals surface area contributed by atoms with Gasteiger partial charge in [0.15, 0.2) is 0 Å². The van der Waals surface area contributed by atoms with Crippen LogP contribution in [0.2, 0.25) is 0 Å². The van der Waals surface area contributed by atoms with Gasteiger partial charge in [-0.15, -0.1) is 6.42 Å². The smallest absolute Gasteiger partial charge is 0.229 e. The van der Waals surface area contributed by atoms with Crippen molar-refractivity contribution in [2.75, 3.05) is 42.6 Å². The number of terminal acetylenes is 1. The van der Waals surface area contributed by atoms with Crippen LogP contribution in [0.1, 0.15) is 11.1 Å². The fourth-order valence-corrected chi connectivity index (χ4v) is 4.06. The second-order valence-corrected chi connectivity index (χ2v) is 9.25. The number of fused-ring (bicyclic) bond motifs is 1. The van der Waals surface area contributed by atoms with E-state index in [-0.39, 0.29) is 16.9 Å². The second kappa shape index (κ2) is 9.08. The zero-order chi connectivity index (χ0) is 22.7. The molecule has 2 N–H and O–H groups in total. The van der Waals surface area contributed by atoms with Crippen LogP contribution in [0.5, 0.6) is 0 Å². The average Bonchev–Trinajstić information content (AvgIpc) is 2.73. The number of hydrogen-bond donors (Lipinski definition) is 2. The molecule has 0 atom stereocenters. The largest absolute Gasteiger partial charge is 0.379 e. The van der Waals surface area contributed by atoms with Gasteiger partial charge in [-0.3, -0.25) is 9.62 Å². The summed E-state index contributed by atoms with van der Waals surface area (Å²) >= 11 is 0. The van der Waals surface area contributed by atoms with Crippen LogP contribution in [0.25, 0.3) is 10.9 Å². The first-order valence-electron chi connectivity index (χ1n) is 9.91. The van der Waals surface area contributed by atoms with Crippen molar-refractivity contribution in [3.63, 3.8) is 0 Å². The number of rotatable bonds is 6. The van der Waals surface area contributed by atoms with E-state index in [1.54, 1.807) is 18.2 Å². The molecule has 0 amide bonds. The van der Waals surface area contributed by atoms with E-state index in [0.717, 1.165) is 24.9 Å². The number of halogens is 1. The molecule has 3 aromatic rings. The molecular formula is C22H22FN5O3S. The van der Waals surface area contributed by atoms with Gasteiger partial charge in [0, 0.05) is 31.5 Å². The minimum Gasteiger partial charge on any atom is -0.379 e. The highest BCUT2D eigenvalue weighted by atomic mass is 32.2. The third kappa shape index (κ3) is 5.31. The number of anilines is 3. The van der Waals surface area contributed by atoms with Gasteiger partial charge in [-0.1, -0.05) is 5.92 Å². The standard InChI is InChI=1S/C22H22FN5O3S/c1-3-16-4-5-20-19(21(16)23)13-24-22(26-20)25-17-10-15(14-28-6-8-31-9-7-28)11-18(12-17)27-32(2,29)30/h1,4-5,10-13,27H,6-9,14H2,2H3,(H,24,25,26). The van der Waals surface area contributed by atoms with Gasteiger partial charge in [0.1, 0.15) is 5.82 Å². The summed E-state index contributed by atoms with van der Waals surface area (Å²) in [5, 5.41) is 3.31. The average molecular weight is 456 g/mol. The maximum Gasteiger partial charge on any atom is 0.229 e. The van der Waals surface area contributed by atoms with Gasteiger partial charge in [0.2, 0.25) is 16.0 Å². The molecule has 1 saturated heterocycles. The predicted octanol–water partition coefficient (Wildman–Crippen LogP) is 2.70. The molecule has 1 fully saturated rings. The lowest BCUT2D eigenvalue weighted by molar-refractivity contribution is 0.0342. The van der Waals surface area contributed by atoms with Crippen molar-refractivity contribution >= 4 is 38.2 Å². The van der Waals surface area contributed by atoms with Crippen molar-refractivity contribution < 1.29 is 17.5 Å². The number of nitrogens with one attached hydrogen (secondary N) is 2. The summed E-state index contributed by atoms with van der Waals surface area (Å²) in [7, 11) is -3.46. The van der Waals surface area contributed by atoms with Crippen molar-refractivity contribution in [2.45, 2.75) is 6.54 Å². The van der Waals surface area contributed by atoms with Crippen LogP contribution in [0.3, 0.4) is 0 Å². The number of aromatic nitrogens is 2. The van der Waals surface area contributed by atoms with E-state index in [1.165, 1.54) is 12.3 Å². The maximum absolute atomic E-state index is 14.4. The molecule has 1 aliphatic heterocycles. The lowest BCUT2D eigenvalue weighted by Crippen LogP contribution is -2.35. The zero-order valence-electron chi connectivity index (χ0n) is 17.4. The lowest BCUT2D eigenvalue weighted by Gasteiger charge is -2.27. The van der Waals surface area contributed by atoms with Crippen molar-refractivity contribution in [2.24, 2.45) is 0 Å². The molecule has 0 saturated carbocycles. The van der Waals surface area contributed by atoms with Crippen LogP contribution >= 0.6 is 0 Å². The molecule has 0 bridgehead atoms. The summed E-state index contributed by atoms with van der Waals surface area (Å²) < 4.78 is 45.8.